The number of rotatable bonds is 39. The number of carbonyl (C=O) groups excluding carboxylic acids is 2. The van der Waals surface area contributed by atoms with Gasteiger partial charge in [0.2, 0.25) is 0 Å². The molecule has 0 aromatic rings. The van der Waals surface area contributed by atoms with Crippen LogP contribution >= 0.6 is 7.82 Å². The van der Waals surface area contributed by atoms with Gasteiger partial charge in [0.1, 0.15) is 19.8 Å². The van der Waals surface area contributed by atoms with Crippen molar-refractivity contribution in [2.75, 3.05) is 47.5 Å². The van der Waals surface area contributed by atoms with Crippen LogP contribution in [0, 0.1) is 0 Å². The van der Waals surface area contributed by atoms with Gasteiger partial charge >= 0.3 is 19.8 Å². The van der Waals surface area contributed by atoms with Crippen molar-refractivity contribution in [3.8, 4) is 0 Å². The number of ether oxygens (including phenoxy) is 2. The molecule has 0 saturated heterocycles. The van der Waals surface area contributed by atoms with Gasteiger partial charge in [-0.2, -0.15) is 0 Å². The van der Waals surface area contributed by atoms with Crippen LogP contribution in [0.15, 0.2) is 36.5 Å². The lowest BCUT2D eigenvalue weighted by molar-refractivity contribution is -0.870. The third-order valence-corrected chi connectivity index (χ3v) is 10.2. The van der Waals surface area contributed by atoms with E-state index in [1.165, 1.54) is 77.0 Å². The molecule has 316 valence electrons. The highest BCUT2D eigenvalue weighted by molar-refractivity contribution is 7.47. The van der Waals surface area contributed by atoms with Crippen LogP contribution in [0.4, 0.5) is 0 Å². The Hall–Kier alpha value is -1.77. The van der Waals surface area contributed by atoms with Gasteiger partial charge in [-0.15, -0.1) is 0 Å². The molecule has 10 heteroatoms. The number of quaternary nitrogens is 1. The minimum atomic E-state index is -4.37. The lowest BCUT2D eigenvalue weighted by Gasteiger charge is -2.24. The first-order valence-corrected chi connectivity index (χ1v) is 23.2. The second kappa shape index (κ2) is 36.8. The number of unbranched alkanes of at least 4 members (excludes halogenated alkanes) is 19. The summed E-state index contributed by atoms with van der Waals surface area (Å²) in [6.07, 6.45) is 40.5. The first kappa shape index (κ1) is 52.2. The Kier molecular flexibility index (Phi) is 35.6. The second-order valence-corrected chi connectivity index (χ2v) is 17.2. The Labute approximate surface area is 331 Å². The van der Waals surface area contributed by atoms with Crippen LogP contribution in [-0.2, 0) is 32.7 Å². The van der Waals surface area contributed by atoms with E-state index in [-0.39, 0.29) is 32.0 Å². The molecule has 0 fully saturated rings. The van der Waals surface area contributed by atoms with Crippen molar-refractivity contribution in [3.05, 3.63) is 36.5 Å². The summed E-state index contributed by atoms with van der Waals surface area (Å²) in [5.74, 6) is -0.815. The molecule has 0 amide bonds. The van der Waals surface area contributed by atoms with Crippen LogP contribution in [0.1, 0.15) is 181 Å². The predicted molar refractivity (Wildman–Crippen MR) is 224 cm³/mol. The summed E-state index contributed by atoms with van der Waals surface area (Å²) in [6, 6.07) is 0. The molecule has 54 heavy (non-hydrogen) atoms. The van der Waals surface area contributed by atoms with E-state index in [1.807, 2.05) is 21.1 Å². The molecule has 9 nitrogen and oxygen atoms in total. The smallest absolute Gasteiger partial charge is 0.462 e. The summed E-state index contributed by atoms with van der Waals surface area (Å²) in [5, 5.41) is 0. The molecule has 2 unspecified atom stereocenters. The molecular formula is C44H83NO8P+. The highest BCUT2D eigenvalue weighted by Gasteiger charge is 2.27. The van der Waals surface area contributed by atoms with Gasteiger partial charge in [-0.1, -0.05) is 153 Å². The number of hydrogen-bond acceptors (Lipinski definition) is 7. The van der Waals surface area contributed by atoms with Crippen molar-refractivity contribution in [1.29, 1.82) is 0 Å². The monoisotopic (exact) mass is 785 g/mol. The van der Waals surface area contributed by atoms with Gasteiger partial charge in [0.05, 0.1) is 27.7 Å². The summed E-state index contributed by atoms with van der Waals surface area (Å²) >= 11 is 0. The van der Waals surface area contributed by atoms with E-state index in [2.05, 4.69) is 50.3 Å². The maximum Gasteiger partial charge on any atom is 0.472 e. The number of allylic oxidation sites excluding steroid dienone is 6. The van der Waals surface area contributed by atoms with Crippen LogP contribution in [0.2, 0.25) is 0 Å². The van der Waals surface area contributed by atoms with Gasteiger partial charge in [0, 0.05) is 12.8 Å². The quantitative estimate of drug-likeness (QED) is 0.0216. The molecule has 0 aromatic heterocycles. The zero-order valence-corrected chi connectivity index (χ0v) is 36.3. The zero-order valence-electron chi connectivity index (χ0n) is 35.5. The standard InChI is InChI=1S/C44H82NO8P/c1-6-8-10-12-14-16-17-18-19-20-21-22-23-24-25-26-27-29-31-33-35-37-44(47)53-42(41-52-54(48,49)51-39-38-45(3,4)5)40-50-43(46)36-34-32-30-28-15-13-11-9-7-2/h17-18,20-21,23-24,42H,6-16,19,22,25-41H2,1-5H3/p+1/b18-17-,21-20-,24-23-. The minimum absolute atomic E-state index is 0.0292. The fraction of sp³-hybridized carbons (Fsp3) is 0.818. The number of phosphoric acid groups is 1. The zero-order chi connectivity index (χ0) is 40.0. The van der Waals surface area contributed by atoms with E-state index in [0.717, 1.165) is 70.6 Å². The number of likely N-dealkylation sites (N-methyl/N-ethyl adjacent to an activating group) is 1. The van der Waals surface area contributed by atoms with Crippen molar-refractivity contribution in [2.45, 2.75) is 187 Å². The van der Waals surface area contributed by atoms with Crippen molar-refractivity contribution in [2.24, 2.45) is 0 Å². The summed E-state index contributed by atoms with van der Waals surface area (Å²) in [4.78, 5) is 35.2. The number of nitrogens with zero attached hydrogens (tertiary/aromatic N) is 1. The predicted octanol–water partition coefficient (Wildman–Crippen LogP) is 12.1. The van der Waals surface area contributed by atoms with Crippen molar-refractivity contribution < 1.29 is 42.1 Å². The second-order valence-electron chi connectivity index (χ2n) is 15.7. The lowest BCUT2D eigenvalue weighted by Crippen LogP contribution is -2.37. The maximum atomic E-state index is 12.7. The van der Waals surface area contributed by atoms with Crippen molar-refractivity contribution in [1.82, 2.24) is 0 Å². The van der Waals surface area contributed by atoms with E-state index < -0.39 is 26.5 Å². The maximum absolute atomic E-state index is 12.7. The number of hydrogen-bond donors (Lipinski definition) is 1. The molecule has 0 heterocycles. The molecule has 0 radical (unpaired) electrons. The van der Waals surface area contributed by atoms with E-state index in [0.29, 0.717) is 17.4 Å². The van der Waals surface area contributed by atoms with E-state index in [1.54, 1.807) is 0 Å². The molecule has 0 aliphatic carbocycles. The van der Waals surface area contributed by atoms with E-state index in [9.17, 15) is 19.0 Å². The summed E-state index contributed by atoms with van der Waals surface area (Å²) in [7, 11) is 1.47. The summed E-state index contributed by atoms with van der Waals surface area (Å²) in [6.45, 7) is 4.37. The third kappa shape index (κ3) is 39.9. The molecule has 0 spiro atoms. The highest BCUT2D eigenvalue weighted by Crippen LogP contribution is 2.43. The van der Waals surface area contributed by atoms with Crippen LogP contribution in [0.3, 0.4) is 0 Å². The SMILES string of the molecule is CCCCCCC/C=C\C/C=C\C/C=C\CCCCCCCCC(=O)OC(COC(=O)CCCCCCCCCCC)COP(=O)(O)OCC[N+](C)(C)C. The molecule has 1 N–H and O–H groups in total. The molecule has 0 bridgehead atoms. The van der Waals surface area contributed by atoms with E-state index in [4.69, 9.17) is 18.5 Å². The molecular weight excluding hydrogens is 701 g/mol. The fourth-order valence-corrected chi connectivity index (χ4v) is 6.47. The Bertz CT molecular complexity index is 1020. The molecule has 0 saturated carbocycles. The normalized spacial score (nSPS) is 14.0. The molecule has 2 atom stereocenters. The van der Waals surface area contributed by atoms with Gasteiger partial charge in [0.15, 0.2) is 6.10 Å². The largest absolute Gasteiger partial charge is 0.472 e. The van der Waals surface area contributed by atoms with Gasteiger partial charge in [-0.3, -0.25) is 18.6 Å². The van der Waals surface area contributed by atoms with Gasteiger partial charge in [-0.25, -0.2) is 4.57 Å². The number of phosphoric ester groups is 1. The van der Waals surface area contributed by atoms with E-state index >= 15 is 0 Å². The average Bonchev–Trinajstić information content (AvgIpc) is 3.12. The van der Waals surface area contributed by atoms with Crippen LogP contribution in [-0.4, -0.2) is 74.9 Å². The number of carbonyl (C=O) groups is 2. The Balaban J connectivity index is 4.32. The van der Waals surface area contributed by atoms with Crippen LogP contribution in [0.25, 0.3) is 0 Å². The molecule has 0 aliphatic rings. The van der Waals surface area contributed by atoms with Crippen LogP contribution < -0.4 is 0 Å². The number of esters is 2. The summed E-state index contributed by atoms with van der Waals surface area (Å²) in [5.41, 5.74) is 0. The summed E-state index contributed by atoms with van der Waals surface area (Å²) < 4.78 is 34.2. The minimum Gasteiger partial charge on any atom is -0.462 e. The average molecular weight is 785 g/mol. The van der Waals surface area contributed by atoms with Crippen molar-refractivity contribution in [3.63, 3.8) is 0 Å². The topological polar surface area (TPSA) is 108 Å². The van der Waals surface area contributed by atoms with Gasteiger partial charge in [-0.05, 0) is 51.4 Å². The Morgan fingerprint density at radius 3 is 1.48 bits per heavy atom. The first-order valence-electron chi connectivity index (χ1n) is 21.7. The third-order valence-electron chi connectivity index (χ3n) is 9.17. The first-order chi connectivity index (χ1) is 26.0. The Morgan fingerprint density at radius 1 is 0.574 bits per heavy atom. The lowest BCUT2D eigenvalue weighted by atomic mass is 10.1. The molecule has 0 aromatic carbocycles. The van der Waals surface area contributed by atoms with Gasteiger partial charge in [0.25, 0.3) is 0 Å². The Morgan fingerprint density at radius 2 is 1.00 bits per heavy atom. The molecule has 0 aliphatic heterocycles. The fourth-order valence-electron chi connectivity index (χ4n) is 5.73. The van der Waals surface area contributed by atoms with Crippen LogP contribution in [0.5, 0.6) is 0 Å². The highest BCUT2D eigenvalue weighted by atomic mass is 31.2. The van der Waals surface area contributed by atoms with Gasteiger partial charge < -0.3 is 18.9 Å². The van der Waals surface area contributed by atoms with Crippen molar-refractivity contribution >= 4 is 19.8 Å². The molecule has 0 rings (SSSR count).